The van der Waals surface area contributed by atoms with Crippen molar-refractivity contribution in [3.8, 4) is 5.75 Å². The summed E-state index contributed by atoms with van der Waals surface area (Å²) in [4.78, 5) is 23.5. The van der Waals surface area contributed by atoms with Crippen LogP contribution in [0.3, 0.4) is 0 Å². The predicted octanol–water partition coefficient (Wildman–Crippen LogP) is 4.64. The van der Waals surface area contributed by atoms with Gasteiger partial charge >= 0.3 is 0 Å². The standard InChI is InChI=1S/C18H17ClFNO3/c1-4-24-17-10(2)7-12(8-15(17)19)18(23)21-13-5-6-14(11(3)22)16(20)9-13/h5-9H,4H2,1-3H3,(H,21,23). The summed E-state index contributed by atoms with van der Waals surface area (Å²) in [5.74, 6) is -0.953. The Hall–Kier alpha value is -2.40. The molecule has 0 aromatic heterocycles. The molecule has 0 spiro atoms. The Labute approximate surface area is 144 Å². The highest BCUT2D eigenvalue weighted by Crippen LogP contribution is 2.30. The number of hydrogen-bond acceptors (Lipinski definition) is 3. The number of hydrogen-bond donors (Lipinski definition) is 1. The molecular weight excluding hydrogens is 333 g/mol. The molecule has 0 heterocycles. The highest BCUT2D eigenvalue weighted by Gasteiger charge is 2.14. The molecular formula is C18H17ClFNO3. The van der Waals surface area contributed by atoms with Crippen molar-refractivity contribution in [3.05, 3.63) is 57.9 Å². The van der Waals surface area contributed by atoms with Crippen LogP contribution in [0.15, 0.2) is 30.3 Å². The minimum absolute atomic E-state index is 0.0204. The highest BCUT2D eigenvalue weighted by atomic mass is 35.5. The van der Waals surface area contributed by atoms with Crippen molar-refractivity contribution >= 4 is 29.0 Å². The molecule has 0 aliphatic carbocycles. The van der Waals surface area contributed by atoms with E-state index in [1.54, 1.807) is 13.0 Å². The number of nitrogens with one attached hydrogen (secondary N) is 1. The third-order valence-corrected chi connectivity index (χ3v) is 3.67. The summed E-state index contributed by atoms with van der Waals surface area (Å²) in [6.07, 6.45) is 0. The number of ether oxygens (including phenoxy) is 1. The second-order valence-electron chi connectivity index (χ2n) is 5.24. The smallest absolute Gasteiger partial charge is 0.255 e. The first-order chi connectivity index (χ1) is 11.3. The van der Waals surface area contributed by atoms with Gasteiger partial charge in [-0.2, -0.15) is 0 Å². The fraction of sp³-hybridized carbons (Fsp3) is 0.222. The summed E-state index contributed by atoms with van der Waals surface area (Å²) in [6.45, 7) is 5.37. The maximum absolute atomic E-state index is 13.8. The lowest BCUT2D eigenvalue weighted by atomic mass is 10.1. The first-order valence-electron chi connectivity index (χ1n) is 7.38. The van der Waals surface area contributed by atoms with Crippen LogP contribution >= 0.6 is 11.6 Å². The van der Waals surface area contributed by atoms with Crippen LogP contribution in [0.25, 0.3) is 0 Å². The van der Waals surface area contributed by atoms with Crippen molar-refractivity contribution < 1.29 is 18.7 Å². The number of anilines is 1. The topological polar surface area (TPSA) is 55.4 Å². The van der Waals surface area contributed by atoms with Crippen LogP contribution in [-0.4, -0.2) is 18.3 Å². The molecule has 0 radical (unpaired) electrons. The summed E-state index contributed by atoms with van der Waals surface area (Å²) in [5, 5.41) is 2.91. The SMILES string of the molecule is CCOc1c(C)cc(C(=O)Nc2ccc(C(C)=O)c(F)c2)cc1Cl. The van der Waals surface area contributed by atoms with Crippen LogP contribution in [0.5, 0.6) is 5.75 Å². The van der Waals surface area contributed by atoms with Crippen molar-refractivity contribution in [2.24, 2.45) is 0 Å². The van der Waals surface area contributed by atoms with Crippen LogP contribution in [0.1, 0.15) is 40.1 Å². The van der Waals surface area contributed by atoms with E-state index in [-0.39, 0.29) is 17.0 Å². The molecule has 0 unspecified atom stereocenters. The molecule has 4 nitrogen and oxygen atoms in total. The molecule has 0 aliphatic heterocycles. The summed E-state index contributed by atoms with van der Waals surface area (Å²) in [5.41, 5.74) is 1.29. The van der Waals surface area contributed by atoms with Gasteiger partial charge in [0.2, 0.25) is 0 Å². The number of amides is 1. The molecule has 6 heteroatoms. The van der Waals surface area contributed by atoms with Gasteiger partial charge in [-0.05, 0) is 56.7 Å². The van der Waals surface area contributed by atoms with Gasteiger partial charge in [0.05, 0.1) is 17.2 Å². The highest BCUT2D eigenvalue weighted by molar-refractivity contribution is 6.32. The molecule has 1 amide bonds. The van der Waals surface area contributed by atoms with E-state index in [2.05, 4.69) is 5.32 Å². The number of benzene rings is 2. The molecule has 0 fully saturated rings. The van der Waals surface area contributed by atoms with Gasteiger partial charge < -0.3 is 10.1 Å². The Bertz CT molecular complexity index is 782. The number of ketones is 1. The van der Waals surface area contributed by atoms with E-state index in [4.69, 9.17) is 16.3 Å². The van der Waals surface area contributed by atoms with Gasteiger partial charge in [-0.3, -0.25) is 9.59 Å². The van der Waals surface area contributed by atoms with E-state index in [1.165, 1.54) is 25.1 Å². The zero-order valence-electron chi connectivity index (χ0n) is 13.6. The van der Waals surface area contributed by atoms with Crippen molar-refractivity contribution in [1.29, 1.82) is 0 Å². The lowest BCUT2D eigenvalue weighted by Crippen LogP contribution is -2.13. The molecule has 2 aromatic rings. The summed E-state index contributed by atoms with van der Waals surface area (Å²) in [7, 11) is 0. The van der Waals surface area contributed by atoms with Gasteiger partial charge in [0.1, 0.15) is 11.6 Å². The number of halogens is 2. The Morgan fingerprint density at radius 1 is 1.25 bits per heavy atom. The van der Waals surface area contributed by atoms with Gasteiger partial charge in [-0.1, -0.05) is 11.6 Å². The first kappa shape index (κ1) is 17.9. The third-order valence-electron chi connectivity index (χ3n) is 3.39. The van der Waals surface area contributed by atoms with Crippen molar-refractivity contribution in [1.82, 2.24) is 0 Å². The van der Waals surface area contributed by atoms with Gasteiger partial charge in [0.15, 0.2) is 5.78 Å². The van der Waals surface area contributed by atoms with Gasteiger partial charge in [0, 0.05) is 11.3 Å². The van der Waals surface area contributed by atoms with Gasteiger partial charge in [-0.15, -0.1) is 0 Å². The predicted molar refractivity (Wildman–Crippen MR) is 91.7 cm³/mol. The summed E-state index contributed by atoms with van der Waals surface area (Å²) < 4.78 is 19.2. The second-order valence-corrected chi connectivity index (χ2v) is 5.65. The second kappa shape index (κ2) is 7.45. The molecule has 2 rings (SSSR count). The Balaban J connectivity index is 2.24. The molecule has 1 N–H and O–H groups in total. The number of aryl methyl sites for hydroxylation is 1. The molecule has 0 atom stereocenters. The van der Waals surface area contributed by atoms with Crippen LogP contribution < -0.4 is 10.1 Å². The first-order valence-corrected chi connectivity index (χ1v) is 7.76. The molecule has 0 saturated carbocycles. The Kier molecular flexibility index (Phi) is 5.57. The molecule has 0 bridgehead atoms. The minimum atomic E-state index is -0.679. The molecule has 2 aromatic carbocycles. The van der Waals surface area contributed by atoms with Crippen LogP contribution in [-0.2, 0) is 0 Å². The molecule has 24 heavy (non-hydrogen) atoms. The average molecular weight is 350 g/mol. The average Bonchev–Trinajstić information content (AvgIpc) is 2.50. The quantitative estimate of drug-likeness (QED) is 0.800. The monoisotopic (exact) mass is 349 g/mol. The van der Waals surface area contributed by atoms with E-state index >= 15 is 0 Å². The van der Waals surface area contributed by atoms with Crippen molar-refractivity contribution in [3.63, 3.8) is 0 Å². The van der Waals surface area contributed by atoms with Crippen LogP contribution in [0.2, 0.25) is 5.02 Å². The fourth-order valence-corrected chi connectivity index (χ4v) is 2.59. The normalized spacial score (nSPS) is 10.4. The van der Waals surface area contributed by atoms with Gasteiger partial charge in [0.25, 0.3) is 5.91 Å². The summed E-state index contributed by atoms with van der Waals surface area (Å²) >= 11 is 6.14. The largest absolute Gasteiger partial charge is 0.492 e. The Morgan fingerprint density at radius 2 is 1.96 bits per heavy atom. The Morgan fingerprint density at radius 3 is 2.50 bits per heavy atom. The minimum Gasteiger partial charge on any atom is -0.492 e. The maximum Gasteiger partial charge on any atom is 0.255 e. The lowest BCUT2D eigenvalue weighted by Gasteiger charge is -2.12. The van der Waals surface area contributed by atoms with E-state index in [1.807, 2.05) is 6.92 Å². The van der Waals surface area contributed by atoms with Crippen LogP contribution in [0.4, 0.5) is 10.1 Å². The van der Waals surface area contributed by atoms with Gasteiger partial charge in [-0.25, -0.2) is 4.39 Å². The van der Waals surface area contributed by atoms with E-state index < -0.39 is 11.7 Å². The maximum atomic E-state index is 13.8. The number of carbonyl (C=O) groups is 2. The number of Topliss-reactive ketones (excluding diaryl/α,β-unsaturated/α-hetero) is 1. The molecule has 0 saturated heterocycles. The number of rotatable bonds is 5. The third kappa shape index (κ3) is 3.92. The summed E-state index contributed by atoms with van der Waals surface area (Å²) in [6, 6.07) is 7.06. The number of carbonyl (C=O) groups excluding carboxylic acids is 2. The zero-order valence-corrected chi connectivity index (χ0v) is 14.3. The fourth-order valence-electron chi connectivity index (χ4n) is 2.27. The van der Waals surface area contributed by atoms with E-state index in [0.29, 0.717) is 22.9 Å². The van der Waals surface area contributed by atoms with Crippen LogP contribution in [0, 0.1) is 12.7 Å². The van der Waals surface area contributed by atoms with Crippen molar-refractivity contribution in [2.75, 3.05) is 11.9 Å². The molecule has 0 aliphatic rings. The zero-order chi connectivity index (χ0) is 17.9. The molecule has 126 valence electrons. The van der Waals surface area contributed by atoms with E-state index in [9.17, 15) is 14.0 Å². The lowest BCUT2D eigenvalue weighted by molar-refractivity contribution is 0.101. The van der Waals surface area contributed by atoms with Crippen molar-refractivity contribution in [2.45, 2.75) is 20.8 Å². The van der Waals surface area contributed by atoms with E-state index in [0.717, 1.165) is 11.6 Å².